The first-order chi connectivity index (χ1) is 11.8. The van der Waals surface area contributed by atoms with Gasteiger partial charge in [-0.15, -0.1) is 0 Å². The number of carbonyl (C=O) groups excluding carboxylic acids is 1. The minimum absolute atomic E-state index is 0.0210. The van der Waals surface area contributed by atoms with Crippen molar-refractivity contribution in [2.75, 3.05) is 6.61 Å². The summed E-state index contributed by atoms with van der Waals surface area (Å²) < 4.78 is 5.07. The summed E-state index contributed by atoms with van der Waals surface area (Å²) in [6.07, 6.45) is 24.4. The lowest BCUT2D eigenvalue weighted by Crippen LogP contribution is -2.04. The van der Waals surface area contributed by atoms with E-state index in [0.717, 1.165) is 19.3 Å². The van der Waals surface area contributed by atoms with Gasteiger partial charge in [-0.25, -0.2) is 0 Å². The highest BCUT2D eigenvalue weighted by Crippen LogP contribution is 2.10. The van der Waals surface area contributed by atoms with Gasteiger partial charge >= 0.3 is 5.97 Å². The van der Waals surface area contributed by atoms with E-state index in [9.17, 15) is 4.79 Å². The molecule has 142 valence electrons. The van der Waals surface area contributed by atoms with Crippen LogP contribution in [0.2, 0.25) is 0 Å². The number of esters is 1. The van der Waals surface area contributed by atoms with E-state index in [0.29, 0.717) is 13.0 Å². The molecule has 0 radical (unpaired) electrons. The summed E-state index contributed by atoms with van der Waals surface area (Å²) in [4.78, 5) is 11.3. The van der Waals surface area contributed by atoms with Gasteiger partial charge in [0, 0.05) is 6.42 Å². The van der Waals surface area contributed by atoms with Gasteiger partial charge in [-0.05, 0) is 38.5 Å². The van der Waals surface area contributed by atoms with Crippen molar-refractivity contribution in [1.29, 1.82) is 0 Å². The third-order valence-electron chi connectivity index (χ3n) is 4.36. The smallest absolute Gasteiger partial charge is 0.305 e. The van der Waals surface area contributed by atoms with E-state index < -0.39 is 0 Å². The van der Waals surface area contributed by atoms with Crippen molar-refractivity contribution in [2.24, 2.45) is 0 Å². The summed E-state index contributed by atoms with van der Waals surface area (Å²) in [5, 5.41) is 0. The molecule has 0 atom stereocenters. The maximum absolute atomic E-state index is 11.3. The molecule has 0 aliphatic rings. The Labute approximate surface area is 151 Å². The minimum Gasteiger partial charge on any atom is -0.466 e. The quantitative estimate of drug-likeness (QED) is 0.148. The molecule has 0 aromatic carbocycles. The Hall–Kier alpha value is -0.790. The van der Waals surface area contributed by atoms with Crippen LogP contribution in [-0.2, 0) is 9.53 Å². The molecule has 2 heteroatoms. The molecule has 0 amide bonds. The predicted molar refractivity (Wildman–Crippen MR) is 105 cm³/mol. The summed E-state index contributed by atoms with van der Waals surface area (Å²) >= 11 is 0. The van der Waals surface area contributed by atoms with Gasteiger partial charge in [-0.1, -0.05) is 83.8 Å². The number of hydrogen-bond donors (Lipinski definition) is 0. The fraction of sp³-hybridized carbons (Fsp3) is 0.864. The Morgan fingerprint density at radius 3 is 1.71 bits per heavy atom. The molecule has 0 aromatic rings. The van der Waals surface area contributed by atoms with Crippen LogP contribution in [0.15, 0.2) is 12.2 Å². The normalized spacial score (nSPS) is 11.2. The molecular formula is C22H42O2. The highest BCUT2D eigenvalue weighted by molar-refractivity contribution is 5.69. The second-order valence-electron chi connectivity index (χ2n) is 6.91. The van der Waals surface area contributed by atoms with E-state index in [1.54, 1.807) is 0 Å². The van der Waals surface area contributed by atoms with Gasteiger partial charge in [0.05, 0.1) is 6.61 Å². The zero-order valence-electron chi connectivity index (χ0n) is 16.5. The van der Waals surface area contributed by atoms with Crippen LogP contribution < -0.4 is 0 Å². The average Bonchev–Trinajstić information content (AvgIpc) is 2.59. The molecule has 0 spiro atoms. The molecule has 2 nitrogen and oxygen atoms in total. The summed E-state index contributed by atoms with van der Waals surface area (Å²) in [5.74, 6) is -0.0210. The third-order valence-corrected chi connectivity index (χ3v) is 4.36. The molecule has 0 saturated carbocycles. The number of rotatable bonds is 18. The maximum atomic E-state index is 11.3. The topological polar surface area (TPSA) is 26.3 Å². The van der Waals surface area contributed by atoms with Crippen molar-refractivity contribution >= 4 is 5.97 Å². The Morgan fingerprint density at radius 1 is 0.667 bits per heavy atom. The van der Waals surface area contributed by atoms with Crippen LogP contribution in [0, 0.1) is 0 Å². The first-order valence-electron chi connectivity index (χ1n) is 10.6. The fourth-order valence-electron chi connectivity index (χ4n) is 2.80. The van der Waals surface area contributed by atoms with Crippen molar-refractivity contribution in [1.82, 2.24) is 0 Å². The molecule has 0 saturated heterocycles. The van der Waals surface area contributed by atoms with Crippen molar-refractivity contribution in [3.8, 4) is 0 Å². The third kappa shape index (κ3) is 19.3. The van der Waals surface area contributed by atoms with Crippen molar-refractivity contribution in [2.45, 2.75) is 117 Å². The Morgan fingerprint density at radius 2 is 1.17 bits per heavy atom. The molecule has 0 rings (SSSR count). The van der Waals surface area contributed by atoms with Gasteiger partial charge in [0.15, 0.2) is 0 Å². The highest BCUT2D eigenvalue weighted by Gasteiger charge is 2.01. The Bertz CT molecular complexity index is 284. The fourth-order valence-corrected chi connectivity index (χ4v) is 2.80. The second-order valence-corrected chi connectivity index (χ2v) is 6.91. The Balaban J connectivity index is 3.14. The molecule has 0 unspecified atom stereocenters. The summed E-state index contributed by atoms with van der Waals surface area (Å²) in [7, 11) is 0. The van der Waals surface area contributed by atoms with Gasteiger partial charge < -0.3 is 4.74 Å². The van der Waals surface area contributed by atoms with E-state index in [1.165, 1.54) is 77.0 Å². The lowest BCUT2D eigenvalue weighted by molar-refractivity contribution is -0.143. The van der Waals surface area contributed by atoms with Gasteiger partial charge in [-0.3, -0.25) is 4.79 Å². The van der Waals surface area contributed by atoms with Crippen LogP contribution in [0.5, 0.6) is 0 Å². The van der Waals surface area contributed by atoms with Crippen molar-refractivity contribution < 1.29 is 9.53 Å². The van der Waals surface area contributed by atoms with Crippen LogP contribution in [0.25, 0.3) is 0 Å². The molecule has 0 heterocycles. The van der Waals surface area contributed by atoms with Crippen molar-refractivity contribution in [3.05, 3.63) is 12.2 Å². The van der Waals surface area contributed by atoms with Gasteiger partial charge in [0.2, 0.25) is 0 Å². The van der Waals surface area contributed by atoms with E-state index in [-0.39, 0.29) is 5.97 Å². The Kier molecular flexibility index (Phi) is 19.6. The lowest BCUT2D eigenvalue weighted by atomic mass is 10.1. The van der Waals surface area contributed by atoms with Crippen LogP contribution in [0.3, 0.4) is 0 Å². The van der Waals surface area contributed by atoms with E-state index in [2.05, 4.69) is 19.1 Å². The van der Waals surface area contributed by atoms with Gasteiger partial charge in [0.25, 0.3) is 0 Å². The summed E-state index contributed by atoms with van der Waals surface area (Å²) in [6, 6.07) is 0. The van der Waals surface area contributed by atoms with E-state index in [4.69, 9.17) is 4.74 Å². The zero-order valence-corrected chi connectivity index (χ0v) is 16.5. The monoisotopic (exact) mass is 338 g/mol. The van der Waals surface area contributed by atoms with E-state index >= 15 is 0 Å². The second kappa shape index (κ2) is 20.3. The van der Waals surface area contributed by atoms with Crippen molar-refractivity contribution in [3.63, 3.8) is 0 Å². The molecule has 24 heavy (non-hydrogen) atoms. The van der Waals surface area contributed by atoms with Crippen LogP contribution in [-0.4, -0.2) is 12.6 Å². The largest absolute Gasteiger partial charge is 0.466 e. The molecule has 0 fully saturated rings. The first-order valence-corrected chi connectivity index (χ1v) is 10.6. The molecular weight excluding hydrogens is 296 g/mol. The molecule has 0 aromatic heterocycles. The molecule has 0 aliphatic heterocycles. The highest BCUT2D eigenvalue weighted by atomic mass is 16.5. The SMILES string of the molecule is CCCCCCCC/C=C/CCCCCCCCC(=O)OCCC. The van der Waals surface area contributed by atoms with Crippen LogP contribution in [0.4, 0.5) is 0 Å². The lowest BCUT2D eigenvalue weighted by Gasteiger charge is -2.03. The summed E-state index contributed by atoms with van der Waals surface area (Å²) in [6.45, 7) is 4.87. The van der Waals surface area contributed by atoms with Gasteiger partial charge in [-0.2, -0.15) is 0 Å². The summed E-state index contributed by atoms with van der Waals surface area (Å²) in [5.41, 5.74) is 0. The molecule has 0 bridgehead atoms. The number of hydrogen-bond acceptors (Lipinski definition) is 2. The maximum Gasteiger partial charge on any atom is 0.305 e. The average molecular weight is 339 g/mol. The molecule has 0 N–H and O–H groups in total. The predicted octanol–water partition coefficient (Wildman–Crippen LogP) is 7.37. The van der Waals surface area contributed by atoms with Gasteiger partial charge in [0.1, 0.15) is 0 Å². The minimum atomic E-state index is -0.0210. The number of unbranched alkanes of at least 4 members (excludes halogenated alkanes) is 12. The van der Waals surface area contributed by atoms with E-state index in [1.807, 2.05) is 6.92 Å². The standard InChI is InChI=1S/C22H42O2/c1-3-5-6-7-8-9-10-11-12-13-14-15-16-17-18-19-20-22(23)24-21-4-2/h11-12H,3-10,13-21H2,1-2H3/b12-11+. The zero-order chi connectivity index (χ0) is 17.7. The number of carbonyl (C=O) groups is 1. The first kappa shape index (κ1) is 23.2. The van der Waals surface area contributed by atoms with Crippen LogP contribution >= 0.6 is 0 Å². The molecule has 0 aliphatic carbocycles. The number of ether oxygens (including phenoxy) is 1. The number of allylic oxidation sites excluding steroid dienone is 2. The van der Waals surface area contributed by atoms with Crippen LogP contribution in [0.1, 0.15) is 117 Å².